The highest BCUT2D eigenvalue weighted by molar-refractivity contribution is 7.19. The molecule has 0 saturated carbocycles. The largest absolute Gasteiger partial charge is 0.450 e. The molecule has 0 unspecified atom stereocenters. The van der Waals surface area contributed by atoms with Crippen LogP contribution < -0.4 is 10.6 Å². The summed E-state index contributed by atoms with van der Waals surface area (Å²) in [6.07, 6.45) is 4.37. The van der Waals surface area contributed by atoms with Crippen LogP contribution in [-0.4, -0.2) is 52.8 Å². The van der Waals surface area contributed by atoms with Gasteiger partial charge < -0.3 is 15.0 Å². The highest BCUT2D eigenvalue weighted by Crippen LogP contribution is 2.23. The molecule has 2 heterocycles. The third-order valence-electron chi connectivity index (χ3n) is 4.32. The molecule has 1 aliphatic heterocycles. The Morgan fingerprint density at radius 1 is 1.28 bits per heavy atom. The van der Waals surface area contributed by atoms with Gasteiger partial charge in [0.25, 0.3) is 0 Å². The van der Waals surface area contributed by atoms with Crippen LogP contribution in [0.25, 0.3) is 6.08 Å². The molecule has 1 aromatic heterocycles. The monoisotopic (exact) mass is 435 g/mol. The van der Waals surface area contributed by atoms with Gasteiger partial charge in [-0.05, 0) is 37.5 Å². The number of likely N-dealkylation sites (tertiary alicyclic amines) is 1. The number of aromatic nitrogens is 2. The number of hydrogen-bond donors (Lipinski definition) is 2. The van der Waals surface area contributed by atoms with Gasteiger partial charge in [-0.1, -0.05) is 41.1 Å². The van der Waals surface area contributed by atoms with Crippen molar-refractivity contribution in [1.82, 2.24) is 15.1 Å². The minimum atomic E-state index is -0.310. The van der Waals surface area contributed by atoms with Crippen LogP contribution in [0.1, 0.15) is 25.3 Å². The van der Waals surface area contributed by atoms with E-state index >= 15 is 0 Å². The predicted molar refractivity (Wildman–Crippen MR) is 114 cm³/mol. The SMILES string of the molecule is CCOC(=O)N1CCC(Nc2nnc(NC(=O)/C=C/c3ccccc3Cl)s2)CC1. The first-order chi connectivity index (χ1) is 14.0. The number of halogens is 1. The van der Waals surface area contributed by atoms with Crippen molar-refractivity contribution in [1.29, 1.82) is 0 Å². The summed E-state index contributed by atoms with van der Waals surface area (Å²) in [6.45, 7) is 3.44. The fourth-order valence-corrected chi connectivity index (χ4v) is 3.77. The molecule has 1 saturated heterocycles. The van der Waals surface area contributed by atoms with E-state index in [-0.39, 0.29) is 18.0 Å². The van der Waals surface area contributed by atoms with E-state index in [9.17, 15) is 9.59 Å². The van der Waals surface area contributed by atoms with E-state index in [2.05, 4.69) is 20.8 Å². The molecule has 154 valence electrons. The number of hydrogen-bond acceptors (Lipinski definition) is 7. The maximum absolute atomic E-state index is 12.1. The quantitative estimate of drug-likeness (QED) is 0.668. The molecule has 10 heteroatoms. The average Bonchev–Trinajstić information content (AvgIpc) is 3.14. The lowest BCUT2D eigenvalue weighted by molar-refractivity contribution is -0.111. The zero-order chi connectivity index (χ0) is 20.6. The van der Waals surface area contributed by atoms with Crippen LogP contribution in [0.4, 0.5) is 15.1 Å². The number of rotatable bonds is 6. The van der Waals surface area contributed by atoms with Crippen molar-refractivity contribution in [3.05, 3.63) is 40.9 Å². The van der Waals surface area contributed by atoms with Crippen LogP contribution in [0.5, 0.6) is 0 Å². The Hall–Kier alpha value is -2.65. The lowest BCUT2D eigenvalue weighted by atomic mass is 10.1. The summed E-state index contributed by atoms with van der Waals surface area (Å²) in [4.78, 5) is 25.5. The van der Waals surface area contributed by atoms with E-state index in [0.29, 0.717) is 35.0 Å². The molecule has 8 nitrogen and oxygen atoms in total. The number of ether oxygens (including phenoxy) is 1. The number of carbonyl (C=O) groups is 2. The van der Waals surface area contributed by atoms with Gasteiger partial charge in [-0.3, -0.25) is 10.1 Å². The Balaban J connectivity index is 1.47. The number of amides is 2. The zero-order valence-corrected chi connectivity index (χ0v) is 17.5. The summed E-state index contributed by atoms with van der Waals surface area (Å²) >= 11 is 7.33. The molecule has 0 aliphatic carbocycles. The minimum absolute atomic E-state index is 0.192. The smallest absolute Gasteiger partial charge is 0.409 e. The van der Waals surface area contributed by atoms with Crippen LogP contribution in [0.2, 0.25) is 5.02 Å². The van der Waals surface area contributed by atoms with Crippen molar-refractivity contribution in [2.45, 2.75) is 25.8 Å². The Kier molecular flexibility index (Phi) is 7.42. The van der Waals surface area contributed by atoms with Crippen LogP contribution in [0.3, 0.4) is 0 Å². The number of benzene rings is 1. The molecular formula is C19H22ClN5O3S. The average molecular weight is 436 g/mol. The summed E-state index contributed by atoms with van der Waals surface area (Å²) in [5, 5.41) is 15.7. The van der Waals surface area contributed by atoms with Crippen molar-refractivity contribution in [3.8, 4) is 0 Å². The fraction of sp³-hybridized carbons (Fsp3) is 0.368. The van der Waals surface area contributed by atoms with Gasteiger partial charge in [0, 0.05) is 30.2 Å². The molecule has 3 rings (SSSR count). The van der Waals surface area contributed by atoms with Gasteiger partial charge in [-0.25, -0.2) is 4.79 Å². The number of carbonyl (C=O) groups excluding carboxylic acids is 2. The molecule has 1 aliphatic rings. The molecule has 0 atom stereocenters. The molecule has 0 radical (unpaired) electrons. The minimum Gasteiger partial charge on any atom is -0.450 e. The van der Waals surface area contributed by atoms with Crippen molar-refractivity contribution >= 4 is 51.3 Å². The van der Waals surface area contributed by atoms with Gasteiger partial charge in [0.05, 0.1) is 6.61 Å². The Morgan fingerprint density at radius 2 is 2.00 bits per heavy atom. The van der Waals surface area contributed by atoms with Crippen molar-refractivity contribution in [2.75, 3.05) is 30.3 Å². The highest BCUT2D eigenvalue weighted by atomic mass is 35.5. The summed E-state index contributed by atoms with van der Waals surface area (Å²) in [7, 11) is 0. The van der Waals surface area contributed by atoms with E-state index in [1.54, 1.807) is 24.0 Å². The first kappa shape index (κ1) is 21.1. The maximum atomic E-state index is 12.1. The molecule has 0 bridgehead atoms. The first-order valence-electron chi connectivity index (χ1n) is 9.30. The maximum Gasteiger partial charge on any atom is 0.409 e. The molecule has 2 aromatic rings. The second kappa shape index (κ2) is 10.2. The number of anilines is 2. The molecule has 1 aromatic carbocycles. The zero-order valence-electron chi connectivity index (χ0n) is 15.9. The lowest BCUT2D eigenvalue weighted by Gasteiger charge is -2.31. The second-order valence-electron chi connectivity index (χ2n) is 6.36. The third-order valence-corrected chi connectivity index (χ3v) is 5.44. The van der Waals surface area contributed by atoms with E-state index in [1.807, 2.05) is 18.2 Å². The first-order valence-corrected chi connectivity index (χ1v) is 10.5. The van der Waals surface area contributed by atoms with Gasteiger partial charge in [-0.15, -0.1) is 10.2 Å². The Bertz CT molecular complexity index is 880. The molecule has 2 amide bonds. The molecule has 29 heavy (non-hydrogen) atoms. The van der Waals surface area contributed by atoms with Crippen LogP contribution >= 0.6 is 22.9 Å². The fourth-order valence-electron chi connectivity index (χ4n) is 2.85. The van der Waals surface area contributed by atoms with Gasteiger partial charge in [0.15, 0.2) is 0 Å². The molecule has 1 fully saturated rings. The van der Waals surface area contributed by atoms with E-state index < -0.39 is 0 Å². The van der Waals surface area contributed by atoms with E-state index in [0.717, 1.165) is 18.4 Å². The standard InChI is InChI=1S/C19H22ClN5O3S/c1-2-28-19(27)25-11-9-14(10-12-25)21-17-23-24-18(29-17)22-16(26)8-7-13-5-3-4-6-15(13)20/h3-8,14H,2,9-12H2,1H3,(H,21,23)(H,22,24,26)/b8-7+. The van der Waals surface area contributed by atoms with Crippen LogP contribution in [-0.2, 0) is 9.53 Å². The van der Waals surface area contributed by atoms with E-state index in [4.69, 9.17) is 16.3 Å². The predicted octanol–water partition coefficient (Wildman–Crippen LogP) is 3.88. The molecule has 0 spiro atoms. The van der Waals surface area contributed by atoms with E-state index in [1.165, 1.54) is 17.4 Å². The number of piperidine rings is 1. The van der Waals surface area contributed by atoms with Crippen LogP contribution in [0.15, 0.2) is 30.3 Å². The lowest BCUT2D eigenvalue weighted by Crippen LogP contribution is -2.42. The van der Waals surface area contributed by atoms with Gasteiger partial charge in [0.2, 0.25) is 16.2 Å². The molecule has 2 N–H and O–H groups in total. The normalized spacial score (nSPS) is 14.8. The van der Waals surface area contributed by atoms with Crippen molar-refractivity contribution in [2.24, 2.45) is 0 Å². The van der Waals surface area contributed by atoms with Crippen molar-refractivity contribution < 1.29 is 14.3 Å². The Morgan fingerprint density at radius 3 is 2.72 bits per heavy atom. The number of nitrogens with zero attached hydrogens (tertiary/aromatic N) is 3. The third kappa shape index (κ3) is 6.16. The van der Waals surface area contributed by atoms with Gasteiger partial charge >= 0.3 is 6.09 Å². The van der Waals surface area contributed by atoms with Crippen molar-refractivity contribution in [3.63, 3.8) is 0 Å². The summed E-state index contributed by atoms with van der Waals surface area (Å²) in [5.74, 6) is -0.310. The second-order valence-corrected chi connectivity index (χ2v) is 7.75. The topological polar surface area (TPSA) is 96.4 Å². The highest BCUT2D eigenvalue weighted by Gasteiger charge is 2.24. The van der Waals surface area contributed by atoms with Crippen LogP contribution in [0, 0.1) is 0 Å². The summed E-state index contributed by atoms with van der Waals surface area (Å²) < 4.78 is 5.02. The summed E-state index contributed by atoms with van der Waals surface area (Å²) in [5.41, 5.74) is 0.762. The van der Waals surface area contributed by atoms with Gasteiger partial charge in [0.1, 0.15) is 0 Å². The molecular weight excluding hydrogens is 414 g/mol. The summed E-state index contributed by atoms with van der Waals surface area (Å²) in [6, 6.07) is 7.46. The van der Waals surface area contributed by atoms with Gasteiger partial charge in [-0.2, -0.15) is 0 Å². The number of nitrogens with one attached hydrogen (secondary N) is 2. The Labute approximate surface area is 177 Å².